The number of allylic oxidation sites excluding steroid dienone is 1. The summed E-state index contributed by atoms with van der Waals surface area (Å²) in [4.78, 5) is 29.2. The summed E-state index contributed by atoms with van der Waals surface area (Å²) >= 11 is 6.12. The lowest BCUT2D eigenvalue weighted by molar-refractivity contribution is -0.141. The fraction of sp³-hybridized carbons (Fsp3) is 0.333. The molecule has 4 nitrogen and oxygen atoms in total. The van der Waals surface area contributed by atoms with Crippen molar-refractivity contribution in [3.8, 4) is 0 Å². The summed E-state index contributed by atoms with van der Waals surface area (Å²) in [5.41, 5.74) is 4.51. The Morgan fingerprint density at radius 2 is 1.50 bits per heavy atom. The van der Waals surface area contributed by atoms with Crippen molar-refractivity contribution in [2.75, 3.05) is 6.54 Å². The number of carbonyl (C=O) groups is 2. The Kier molecular flexibility index (Phi) is 10.6. The molecule has 1 atom stereocenters. The standard InChI is InChI=1S/C33H37ClN2O2/c34-30-19-16-29(17-20-30)25-36(32(37)21-18-26-10-4-1-5-11-26)31(24-28-14-8-3-9-15-28)33(38)35-23-22-27-12-6-2-7-13-27/h1,3-5,8-12,14-17,19-20,31H,2,6-7,13,18,21-25H2,(H,35,38). The van der Waals surface area contributed by atoms with Gasteiger partial charge in [-0.3, -0.25) is 9.59 Å². The van der Waals surface area contributed by atoms with Gasteiger partial charge in [0.1, 0.15) is 6.04 Å². The average molecular weight is 529 g/mol. The first-order valence-electron chi connectivity index (χ1n) is 13.7. The number of amides is 2. The Hall–Kier alpha value is -3.37. The zero-order chi connectivity index (χ0) is 26.6. The molecule has 0 heterocycles. The van der Waals surface area contributed by atoms with E-state index < -0.39 is 6.04 Å². The van der Waals surface area contributed by atoms with Crippen molar-refractivity contribution in [2.24, 2.45) is 0 Å². The minimum Gasteiger partial charge on any atom is -0.354 e. The summed E-state index contributed by atoms with van der Waals surface area (Å²) in [5, 5.41) is 3.80. The van der Waals surface area contributed by atoms with E-state index in [2.05, 4.69) is 11.4 Å². The molecule has 38 heavy (non-hydrogen) atoms. The van der Waals surface area contributed by atoms with Gasteiger partial charge in [-0.05, 0) is 67.3 Å². The third-order valence-electron chi connectivity index (χ3n) is 7.14. The summed E-state index contributed by atoms with van der Waals surface area (Å²) < 4.78 is 0. The first kappa shape index (κ1) is 27.7. The van der Waals surface area contributed by atoms with Gasteiger partial charge in [-0.2, -0.15) is 0 Å². The van der Waals surface area contributed by atoms with Crippen molar-refractivity contribution in [1.82, 2.24) is 10.2 Å². The molecule has 2 amide bonds. The summed E-state index contributed by atoms with van der Waals surface area (Å²) in [6, 6.07) is 26.8. The highest BCUT2D eigenvalue weighted by molar-refractivity contribution is 6.30. The highest BCUT2D eigenvalue weighted by atomic mass is 35.5. The van der Waals surface area contributed by atoms with Gasteiger partial charge in [0.15, 0.2) is 0 Å². The summed E-state index contributed by atoms with van der Waals surface area (Å²) in [6.07, 6.45) is 9.32. The minimum absolute atomic E-state index is 0.0325. The lowest BCUT2D eigenvalue weighted by Crippen LogP contribution is -2.50. The van der Waals surface area contributed by atoms with E-state index in [1.165, 1.54) is 18.4 Å². The third kappa shape index (κ3) is 8.59. The third-order valence-corrected chi connectivity index (χ3v) is 7.39. The second-order valence-corrected chi connectivity index (χ2v) is 10.4. The van der Waals surface area contributed by atoms with Crippen molar-refractivity contribution in [1.29, 1.82) is 0 Å². The lowest BCUT2D eigenvalue weighted by atomic mass is 9.97. The molecule has 3 aromatic carbocycles. The average Bonchev–Trinajstić information content (AvgIpc) is 2.96. The molecule has 0 radical (unpaired) electrons. The zero-order valence-electron chi connectivity index (χ0n) is 22.0. The van der Waals surface area contributed by atoms with Crippen LogP contribution >= 0.6 is 11.6 Å². The second-order valence-electron chi connectivity index (χ2n) is 9.99. The highest BCUT2D eigenvalue weighted by Crippen LogP contribution is 2.21. The maximum Gasteiger partial charge on any atom is 0.243 e. The van der Waals surface area contributed by atoms with E-state index >= 15 is 0 Å². The molecule has 0 bridgehead atoms. The SMILES string of the molecule is O=C(NCCC1=CCCCC1)C(Cc1ccccc1)N(Cc1ccc(Cl)cc1)C(=O)CCc1ccccc1. The topological polar surface area (TPSA) is 49.4 Å². The van der Waals surface area contributed by atoms with Crippen LogP contribution in [0.4, 0.5) is 0 Å². The van der Waals surface area contributed by atoms with E-state index in [0.717, 1.165) is 36.0 Å². The van der Waals surface area contributed by atoms with Crippen LogP contribution in [0.3, 0.4) is 0 Å². The summed E-state index contributed by atoms with van der Waals surface area (Å²) in [5.74, 6) is -0.137. The lowest BCUT2D eigenvalue weighted by Gasteiger charge is -2.32. The summed E-state index contributed by atoms with van der Waals surface area (Å²) in [7, 11) is 0. The van der Waals surface area contributed by atoms with Gasteiger partial charge >= 0.3 is 0 Å². The van der Waals surface area contributed by atoms with Gasteiger partial charge in [-0.1, -0.05) is 96.0 Å². The van der Waals surface area contributed by atoms with Gasteiger partial charge in [-0.25, -0.2) is 0 Å². The molecule has 0 aromatic heterocycles. The molecule has 4 rings (SSSR count). The molecular weight excluding hydrogens is 492 g/mol. The fourth-order valence-corrected chi connectivity index (χ4v) is 5.10. The van der Waals surface area contributed by atoms with E-state index in [4.69, 9.17) is 11.6 Å². The number of nitrogens with one attached hydrogen (secondary N) is 1. The van der Waals surface area contributed by atoms with Crippen LogP contribution in [-0.4, -0.2) is 29.3 Å². The number of rotatable bonds is 12. The molecule has 3 aromatic rings. The number of benzene rings is 3. The number of nitrogens with zero attached hydrogens (tertiary/aromatic N) is 1. The van der Waals surface area contributed by atoms with Crippen LogP contribution in [0.15, 0.2) is 96.6 Å². The van der Waals surface area contributed by atoms with Crippen molar-refractivity contribution >= 4 is 23.4 Å². The van der Waals surface area contributed by atoms with Crippen LogP contribution < -0.4 is 5.32 Å². The van der Waals surface area contributed by atoms with E-state index in [1.807, 2.05) is 84.9 Å². The van der Waals surface area contributed by atoms with E-state index in [9.17, 15) is 9.59 Å². The van der Waals surface area contributed by atoms with Crippen molar-refractivity contribution in [3.05, 3.63) is 118 Å². The largest absolute Gasteiger partial charge is 0.354 e. The summed E-state index contributed by atoms with van der Waals surface area (Å²) in [6.45, 7) is 0.934. The van der Waals surface area contributed by atoms with E-state index in [-0.39, 0.29) is 11.8 Å². The quantitative estimate of drug-likeness (QED) is 0.259. The normalized spacial score (nSPS) is 13.9. The van der Waals surface area contributed by atoms with E-state index in [0.29, 0.717) is 37.4 Å². The molecule has 5 heteroatoms. The highest BCUT2D eigenvalue weighted by Gasteiger charge is 2.30. The molecular formula is C33H37ClN2O2. The Morgan fingerprint density at radius 1 is 0.816 bits per heavy atom. The van der Waals surface area contributed by atoms with Crippen molar-refractivity contribution in [2.45, 2.75) is 64.0 Å². The Labute approximate surface area is 231 Å². The van der Waals surface area contributed by atoms with Crippen LogP contribution in [0, 0.1) is 0 Å². The van der Waals surface area contributed by atoms with Crippen LogP contribution in [0.25, 0.3) is 0 Å². The van der Waals surface area contributed by atoms with Gasteiger partial charge in [0, 0.05) is 31.0 Å². The smallest absolute Gasteiger partial charge is 0.243 e. The van der Waals surface area contributed by atoms with Crippen LogP contribution in [0.2, 0.25) is 5.02 Å². The van der Waals surface area contributed by atoms with Gasteiger partial charge in [0.25, 0.3) is 0 Å². The fourth-order valence-electron chi connectivity index (χ4n) is 4.98. The Morgan fingerprint density at radius 3 is 2.16 bits per heavy atom. The first-order valence-corrected chi connectivity index (χ1v) is 14.0. The van der Waals surface area contributed by atoms with E-state index in [1.54, 1.807) is 4.90 Å². The monoisotopic (exact) mass is 528 g/mol. The molecule has 198 valence electrons. The molecule has 1 unspecified atom stereocenters. The number of halogens is 1. The number of aryl methyl sites for hydroxylation is 1. The van der Waals surface area contributed by atoms with Crippen LogP contribution in [-0.2, 0) is 29.0 Å². The minimum atomic E-state index is -0.614. The molecule has 0 aliphatic heterocycles. The predicted molar refractivity (Wildman–Crippen MR) is 155 cm³/mol. The van der Waals surface area contributed by atoms with Crippen LogP contribution in [0.5, 0.6) is 0 Å². The molecule has 0 spiro atoms. The Bertz CT molecular complexity index is 1190. The molecule has 0 fully saturated rings. The Balaban J connectivity index is 1.55. The maximum absolute atomic E-state index is 13.8. The number of hydrogen-bond donors (Lipinski definition) is 1. The van der Waals surface area contributed by atoms with Crippen LogP contribution in [0.1, 0.15) is 55.2 Å². The number of hydrogen-bond acceptors (Lipinski definition) is 2. The second kappa shape index (κ2) is 14.5. The zero-order valence-corrected chi connectivity index (χ0v) is 22.7. The maximum atomic E-state index is 13.8. The van der Waals surface area contributed by atoms with Crippen molar-refractivity contribution in [3.63, 3.8) is 0 Å². The molecule has 1 aliphatic rings. The number of carbonyl (C=O) groups excluding carboxylic acids is 2. The molecule has 1 aliphatic carbocycles. The predicted octanol–water partition coefficient (Wildman–Crippen LogP) is 6.92. The molecule has 1 N–H and O–H groups in total. The van der Waals surface area contributed by atoms with Crippen molar-refractivity contribution < 1.29 is 9.59 Å². The first-order chi connectivity index (χ1) is 18.6. The molecule has 0 saturated carbocycles. The van der Waals surface area contributed by atoms with Gasteiger partial charge in [0.05, 0.1) is 0 Å². The van der Waals surface area contributed by atoms with Gasteiger partial charge < -0.3 is 10.2 Å². The van der Waals surface area contributed by atoms with Gasteiger partial charge in [0.2, 0.25) is 11.8 Å². The van der Waals surface area contributed by atoms with Gasteiger partial charge in [-0.15, -0.1) is 0 Å². The molecule has 0 saturated heterocycles.